The lowest BCUT2D eigenvalue weighted by atomic mass is 10.4. The number of thiophene rings is 1. The van der Waals surface area contributed by atoms with Crippen molar-refractivity contribution < 1.29 is 4.79 Å². The van der Waals surface area contributed by atoms with E-state index in [0.717, 1.165) is 8.66 Å². The molecular formula is C14H14BrN5O2S. The van der Waals surface area contributed by atoms with Gasteiger partial charge in [0.2, 0.25) is 5.91 Å². The fourth-order valence-electron chi connectivity index (χ4n) is 2.20. The summed E-state index contributed by atoms with van der Waals surface area (Å²) in [6.45, 7) is 0.464. The van der Waals surface area contributed by atoms with Gasteiger partial charge in [-0.15, -0.1) is 11.3 Å². The van der Waals surface area contributed by atoms with Crippen LogP contribution in [0.15, 0.2) is 33.2 Å². The summed E-state index contributed by atoms with van der Waals surface area (Å²) in [5.74, 6) is -0.151. The lowest BCUT2D eigenvalue weighted by Crippen LogP contribution is -2.33. The Morgan fingerprint density at radius 2 is 2.22 bits per heavy atom. The molecule has 23 heavy (non-hydrogen) atoms. The lowest BCUT2D eigenvalue weighted by Gasteiger charge is -2.16. The Hall–Kier alpha value is -2.00. The van der Waals surface area contributed by atoms with Gasteiger partial charge < -0.3 is 4.90 Å². The van der Waals surface area contributed by atoms with Crippen molar-refractivity contribution in [1.29, 1.82) is 0 Å². The number of carbonyl (C=O) groups is 1. The quantitative estimate of drug-likeness (QED) is 0.672. The number of fused-ring (bicyclic) bond motifs is 1. The van der Waals surface area contributed by atoms with Crippen LogP contribution >= 0.6 is 27.3 Å². The number of nitrogens with zero attached hydrogens (tertiary/aromatic N) is 5. The molecule has 9 heteroatoms. The van der Waals surface area contributed by atoms with Gasteiger partial charge in [-0.25, -0.2) is 4.98 Å². The third-order valence-electron chi connectivity index (χ3n) is 3.47. The summed E-state index contributed by atoms with van der Waals surface area (Å²) in [7, 11) is 3.44. The molecule has 0 unspecified atom stereocenters. The maximum absolute atomic E-state index is 12.4. The number of hydrogen-bond donors (Lipinski definition) is 0. The van der Waals surface area contributed by atoms with E-state index in [-0.39, 0.29) is 18.0 Å². The zero-order valence-electron chi connectivity index (χ0n) is 12.6. The summed E-state index contributed by atoms with van der Waals surface area (Å²) in [5, 5.41) is 4.42. The summed E-state index contributed by atoms with van der Waals surface area (Å²) in [5.41, 5.74) is 0.249. The molecule has 0 bridgehead atoms. The molecule has 0 aromatic carbocycles. The minimum absolute atomic E-state index is 0.0420. The second-order valence-electron chi connectivity index (χ2n) is 5.14. The van der Waals surface area contributed by atoms with E-state index in [2.05, 4.69) is 26.0 Å². The van der Waals surface area contributed by atoms with Crippen LogP contribution < -0.4 is 5.56 Å². The largest absolute Gasteiger partial charge is 0.339 e. The van der Waals surface area contributed by atoms with Crippen LogP contribution in [0.4, 0.5) is 0 Å². The van der Waals surface area contributed by atoms with Crippen molar-refractivity contribution in [2.24, 2.45) is 7.05 Å². The van der Waals surface area contributed by atoms with Crippen LogP contribution in [0.3, 0.4) is 0 Å². The minimum Gasteiger partial charge on any atom is -0.339 e. The zero-order valence-corrected chi connectivity index (χ0v) is 15.0. The molecule has 0 aliphatic carbocycles. The molecule has 120 valence electrons. The average molecular weight is 396 g/mol. The van der Waals surface area contributed by atoms with Crippen LogP contribution in [-0.4, -0.2) is 37.2 Å². The van der Waals surface area contributed by atoms with Crippen molar-refractivity contribution in [3.8, 4) is 0 Å². The van der Waals surface area contributed by atoms with E-state index in [1.165, 1.54) is 21.8 Å². The van der Waals surface area contributed by atoms with Gasteiger partial charge in [-0.3, -0.25) is 18.8 Å². The molecule has 0 spiro atoms. The lowest BCUT2D eigenvalue weighted by molar-refractivity contribution is -0.131. The molecular weight excluding hydrogens is 382 g/mol. The van der Waals surface area contributed by atoms with Gasteiger partial charge in [0.05, 0.1) is 16.5 Å². The smallest absolute Gasteiger partial charge is 0.264 e. The molecule has 0 atom stereocenters. The molecule has 0 aliphatic rings. The molecule has 0 saturated carbocycles. The van der Waals surface area contributed by atoms with Crippen molar-refractivity contribution in [3.05, 3.63) is 43.7 Å². The summed E-state index contributed by atoms with van der Waals surface area (Å²) in [6, 6.07) is 3.91. The standard InChI is InChI=1S/C14H14BrN5O2S/c1-18(6-9-3-4-11(15)23-9)12(21)7-20-8-16-13-10(14(20)22)5-17-19(13)2/h3-5,8H,6-7H2,1-2H3. The normalized spacial score (nSPS) is 11.1. The first-order valence-electron chi connectivity index (χ1n) is 6.81. The van der Waals surface area contributed by atoms with Crippen LogP contribution in [0, 0.1) is 0 Å². The predicted octanol–water partition coefficient (Wildman–Crippen LogP) is 1.61. The van der Waals surface area contributed by atoms with Crippen molar-refractivity contribution in [1.82, 2.24) is 24.2 Å². The number of hydrogen-bond acceptors (Lipinski definition) is 5. The fourth-order valence-corrected chi connectivity index (χ4v) is 3.74. The predicted molar refractivity (Wildman–Crippen MR) is 91.3 cm³/mol. The average Bonchev–Trinajstić information content (AvgIpc) is 3.08. The van der Waals surface area contributed by atoms with Crippen molar-refractivity contribution >= 4 is 44.2 Å². The highest BCUT2D eigenvalue weighted by Crippen LogP contribution is 2.23. The molecule has 3 rings (SSSR count). The number of amides is 1. The van der Waals surface area contributed by atoms with Gasteiger partial charge in [0.15, 0.2) is 5.65 Å². The van der Waals surface area contributed by atoms with Gasteiger partial charge >= 0.3 is 0 Å². The van der Waals surface area contributed by atoms with E-state index in [1.54, 1.807) is 30.3 Å². The van der Waals surface area contributed by atoms with Crippen LogP contribution in [-0.2, 0) is 24.9 Å². The van der Waals surface area contributed by atoms with E-state index in [4.69, 9.17) is 0 Å². The molecule has 0 N–H and O–H groups in total. The molecule has 3 aromatic heterocycles. The zero-order chi connectivity index (χ0) is 16.6. The Morgan fingerprint density at radius 1 is 1.43 bits per heavy atom. The topological polar surface area (TPSA) is 73.0 Å². The first-order valence-corrected chi connectivity index (χ1v) is 8.42. The second-order valence-corrected chi connectivity index (χ2v) is 7.69. The number of aromatic nitrogens is 4. The van der Waals surface area contributed by atoms with Gasteiger partial charge in [-0.05, 0) is 28.1 Å². The number of carbonyl (C=O) groups excluding carboxylic acids is 1. The second kappa shape index (κ2) is 6.25. The van der Waals surface area contributed by atoms with Crippen LogP contribution in [0.2, 0.25) is 0 Å². The van der Waals surface area contributed by atoms with Crippen molar-refractivity contribution in [3.63, 3.8) is 0 Å². The van der Waals surface area contributed by atoms with E-state index in [0.29, 0.717) is 17.6 Å². The van der Waals surface area contributed by atoms with Gasteiger partial charge in [0.1, 0.15) is 18.3 Å². The molecule has 0 radical (unpaired) electrons. The molecule has 7 nitrogen and oxygen atoms in total. The third-order valence-corrected chi connectivity index (χ3v) is 5.08. The monoisotopic (exact) mass is 395 g/mol. The Labute approximate surface area is 144 Å². The van der Waals surface area contributed by atoms with Gasteiger partial charge in [-0.1, -0.05) is 0 Å². The summed E-state index contributed by atoms with van der Waals surface area (Å²) >= 11 is 4.98. The third kappa shape index (κ3) is 3.20. The molecule has 3 heterocycles. The highest BCUT2D eigenvalue weighted by atomic mass is 79.9. The Bertz CT molecular complexity index is 929. The first kappa shape index (κ1) is 15.9. The van der Waals surface area contributed by atoms with Crippen LogP contribution in [0.5, 0.6) is 0 Å². The number of aryl methyl sites for hydroxylation is 1. The van der Waals surface area contributed by atoms with Crippen LogP contribution in [0.25, 0.3) is 11.0 Å². The van der Waals surface area contributed by atoms with Crippen molar-refractivity contribution in [2.45, 2.75) is 13.1 Å². The molecule has 0 fully saturated rings. The summed E-state index contributed by atoms with van der Waals surface area (Å²) < 4.78 is 3.87. The summed E-state index contributed by atoms with van der Waals surface area (Å²) in [4.78, 5) is 31.5. The molecule has 0 aliphatic heterocycles. The van der Waals surface area contributed by atoms with Crippen LogP contribution in [0.1, 0.15) is 4.88 Å². The summed E-state index contributed by atoms with van der Waals surface area (Å²) in [6.07, 6.45) is 2.86. The SMILES string of the molecule is CN(Cc1ccc(Br)s1)C(=O)Cn1cnc2c(cnn2C)c1=O. The Balaban J connectivity index is 1.77. The molecule has 3 aromatic rings. The van der Waals surface area contributed by atoms with Gasteiger partial charge in [0.25, 0.3) is 5.56 Å². The van der Waals surface area contributed by atoms with E-state index < -0.39 is 0 Å². The Kier molecular flexibility index (Phi) is 4.31. The molecule has 0 saturated heterocycles. The maximum atomic E-state index is 12.4. The fraction of sp³-hybridized carbons (Fsp3) is 0.286. The number of halogens is 1. The Morgan fingerprint density at radius 3 is 2.91 bits per heavy atom. The number of likely N-dealkylation sites (N-methyl/N-ethyl adjacent to an activating group) is 1. The highest BCUT2D eigenvalue weighted by Gasteiger charge is 2.14. The van der Waals surface area contributed by atoms with E-state index >= 15 is 0 Å². The molecule has 1 amide bonds. The van der Waals surface area contributed by atoms with Crippen molar-refractivity contribution in [2.75, 3.05) is 7.05 Å². The maximum Gasteiger partial charge on any atom is 0.264 e. The van der Waals surface area contributed by atoms with Gasteiger partial charge in [0, 0.05) is 19.0 Å². The highest BCUT2D eigenvalue weighted by molar-refractivity contribution is 9.11. The number of rotatable bonds is 4. The van der Waals surface area contributed by atoms with E-state index in [1.807, 2.05) is 12.1 Å². The minimum atomic E-state index is -0.260. The first-order chi connectivity index (χ1) is 11.0. The van der Waals surface area contributed by atoms with E-state index in [9.17, 15) is 9.59 Å². The van der Waals surface area contributed by atoms with Gasteiger partial charge in [-0.2, -0.15) is 5.10 Å².